The summed E-state index contributed by atoms with van der Waals surface area (Å²) in [5, 5.41) is 0. The van der Waals surface area contributed by atoms with E-state index in [0.717, 1.165) is 24.3 Å². The third-order valence-electron chi connectivity index (χ3n) is 1.01. The van der Waals surface area contributed by atoms with Crippen LogP contribution in [0.2, 0.25) is 0 Å². The van der Waals surface area contributed by atoms with Crippen molar-refractivity contribution in [2.75, 3.05) is 11.5 Å². The molecule has 0 fully saturated rings. The van der Waals surface area contributed by atoms with Crippen LogP contribution in [0, 0.1) is 0 Å². The fourth-order valence-corrected chi connectivity index (χ4v) is 2.21. The zero-order valence-corrected chi connectivity index (χ0v) is 9.21. The van der Waals surface area contributed by atoms with Crippen molar-refractivity contribution >= 4 is 29.9 Å². The van der Waals surface area contributed by atoms with Gasteiger partial charge < -0.3 is 5.73 Å². The Morgan fingerprint density at radius 2 is 1.67 bits per heavy atom. The number of carbonyl (C=O) groups excluding carboxylic acids is 1. The van der Waals surface area contributed by atoms with E-state index >= 15 is 0 Å². The molecule has 0 heterocycles. The largest absolute Gasteiger partial charge is 0.350 e. The molecule has 0 saturated carbocycles. The minimum Gasteiger partial charge on any atom is -0.350 e. The first kappa shape index (κ1) is 12.0. The number of nitrogens with two attached hydrogens (primary N) is 1. The molecule has 0 aromatic carbocycles. The number of carbonyl (C=O) groups is 1. The van der Waals surface area contributed by atoms with E-state index in [0.29, 0.717) is 0 Å². The second kappa shape index (κ2) is 7.61. The van der Waals surface area contributed by atoms with Gasteiger partial charge >= 0.3 is 6.03 Å². The molecular weight excluding hydrogens is 192 g/mol. The first-order valence-electron chi connectivity index (χ1n) is 4.07. The summed E-state index contributed by atoms with van der Waals surface area (Å²) >= 11 is 2.98. The second-order valence-corrected chi connectivity index (χ2v) is 4.56. The van der Waals surface area contributed by atoms with Crippen LogP contribution in [0.1, 0.15) is 26.7 Å². The predicted molar refractivity (Wildman–Crippen MR) is 56.9 cm³/mol. The molecule has 72 valence electrons. The van der Waals surface area contributed by atoms with Gasteiger partial charge in [-0.25, -0.2) is 8.51 Å². The third kappa shape index (κ3) is 5.60. The highest BCUT2D eigenvalue weighted by Crippen LogP contribution is 2.22. The van der Waals surface area contributed by atoms with Gasteiger partial charge in [-0.1, -0.05) is 13.8 Å². The summed E-state index contributed by atoms with van der Waals surface area (Å²) < 4.78 is 1.56. The van der Waals surface area contributed by atoms with Gasteiger partial charge in [-0.3, -0.25) is 0 Å². The van der Waals surface area contributed by atoms with Crippen LogP contribution >= 0.6 is 23.9 Å². The van der Waals surface area contributed by atoms with E-state index in [2.05, 4.69) is 13.8 Å². The molecule has 2 N–H and O–H groups in total. The first-order valence-corrected chi connectivity index (χ1v) is 5.96. The summed E-state index contributed by atoms with van der Waals surface area (Å²) in [6.45, 7) is 4.16. The van der Waals surface area contributed by atoms with Crippen LogP contribution in [0.25, 0.3) is 0 Å². The van der Waals surface area contributed by atoms with Crippen molar-refractivity contribution in [1.29, 1.82) is 0 Å². The smallest absolute Gasteiger partial charge is 0.335 e. The Hall–Kier alpha value is -0.0300. The summed E-state index contributed by atoms with van der Waals surface area (Å²) in [7, 11) is 0. The molecule has 0 bridgehead atoms. The Kier molecular flexibility index (Phi) is 7.59. The molecule has 0 aromatic heterocycles. The number of amides is 2. The second-order valence-electron chi connectivity index (χ2n) is 2.26. The number of hydrogen-bond donors (Lipinski definition) is 1. The molecule has 0 aromatic rings. The van der Waals surface area contributed by atoms with Crippen LogP contribution in [-0.4, -0.2) is 21.2 Å². The van der Waals surface area contributed by atoms with Crippen molar-refractivity contribution < 1.29 is 4.79 Å². The van der Waals surface area contributed by atoms with Gasteiger partial charge in [0.2, 0.25) is 0 Å². The van der Waals surface area contributed by atoms with Crippen LogP contribution in [0.15, 0.2) is 0 Å². The van der Waals surface area contributed by atoms with Gasteiger partial charge in [-0.2, -0.15) is 0 Å². The Balaban J connectivity index is 3.62. The number of urea groups is 1. The van der Waals surface area contributed by atoms with E-state index in [1.807, 2.05) is 0 Å². The lowest BCUT2D eigenvalue weighted by Crippen LogP contribution is -2.24. The summed E-state index contributed by atoms with van der Waals surface area (Å²) in [5.74, 6) is 1.89. The number of primary amides is 1. The predicted octanol–water partition coefficient (Wildman–Crippen LogP) is 2.48. The minimum absolute atomic E-state index is 0.355. The maximum atomic E-state index is 10.8. The molecule has 0 saturated heterocycles. The van der Waals surface area contributed by atoms with Crippen molar-refractivity contribution in [2.24, 2.45) is 5.73 Å². The van der Waals surface area contributed by atoms with E-state index in [4.69, 9.17) is 5.73 Å². The molecule has 12 heavy (non-hydrogen) atoms. The average Bonchev–Trinajstić information content (AvgIpc) is 2.04. The van der Waals surface area contributed by atoms with Crippen molar-refractivity contribution in [3.8, 4) is 0 Å². The number of hydrogen-bond acceptors (Lipinski definition) is 3. The van der Waals surface area contributed by atoms with Crippen LogP contribution in [0.3, 0.4) is 0 Å². The van der Waals surface area contributed by atoms with Gasteiger partial charge in [0, 0.05) is 11.5 Å². The third-order valence-corrected chi connectivity index (χ3v) is 3.65. The highest BCUT2D eigenvalue weighted by Gasteiger charge is 2.09. The fourth-order valence-electron chi connectivity index (χ4n) is 0.513. The van der Waals surface area contributed by atoms with Gasteiger partial charge in [0.05, 0.1) is 0 Å². The van der Waals surface area contributed by atoms with Gasteiger partial charge in [0.15, 0.2) is 0 Å². The first-order chi connectivity index (χ1) is 5.72. The molecule has 0 aliphatic heterocycles. The van der Waals surface area contributed by atoms with Crippen molar-refractivity contribution in [3.05, 3.63) is 0 Å². The van der Waals surface area contributed by atoms with Crippen LogP contribution in [-0.2, 0) is 0 Å². The lowest BCUT2D eigenvalue weighted by Gasteiger charge is -2.16. The van der Waals surface area contributed by atoms with Crippen LogP contribution in [0.4, 0.5) is 4.79 Å². The molecule has 0 radical (unpaired) electrons. The van der Waals surface area contributed by atoms with E-state index in [9.17, 15) is 4.79 Å². The molecular formula is C7H16N2OS2. The zero-order valence-electron chi connectivity index (χ0n) is 7.58. The normalized spacial score (nSPS) is 9.83. The van der Waals surface area contributed by atoms with E-state index < -0.39 is 0 Å². The van der Waals surface area contributed by atoms with Crippen molar-refractivity contribution in [2.45, 2.75) is 26.7 Å². The van der Waals surface area contributed by atoms with Crippen molar-refractivity contribution in [3.63, 3.8) is 0 Å². The lowest BCUT2D eigenvalue weighted by molar-refractivity contribution is 0.246. The highest BCUT2D eigenvalue weighted by molar-refractivity contribution is 8.12. The van der Waals surface area contributed by atoms with Gasteiger partial charge in [-0.05, 0) is 36.7 Å². The highest BCUT2D eigenvalue weighted by atomic mass is 32.2. The lowest BCUT2D eigenvalue weighted by atomic mass is 10.6. The Morgan fingerprint density at radius 1 is 1.25 bits per heavy atom. The topological polar surface area (TPSA) is 46.3 Å². The quantitative estimate of drug-likeness (QED) is 0.682. The molecule has 0 atom stereocenters. The molecule has 0 aliphatic rings. The van der Waals surface area contributed by atoms with Crippen LogP contribution in [0.5, 0.6) is 0 Å². The molecule has 0 rings (SSSR count). The van der Waals surface area contributed by atoms with Gasteiger partial charge in [0.1, 0.15) is 0 Å². The summed E-state index contributed by atoms with van der Waals surface area (Å²) in [4.78, 5) is 10.8. The van der Waals surface area contributed by atoms with Crippen molar-refractivity contribution in [1.82, 2.24) is 3.71 Å². The summed E-state index contributed by atoms with van der Waals surface area (Å²) in [6.07, 6.45) is 2.11. The maximum Gasteiger partial charge on any atom is 0.335 e. The van der Waals surface area contributed by atoms with E-state index in [1.54, 1.807) is 3.71 Å². The molecule has 5 heteroatoms. The fraction of sp³-hybridized carbons (Fsp3) is 0.857. The monoisotopic (exact) mass is 208 g/mol. The molecule has 2 amide bonds. The van der Waals surface area contributed by atoms with E-state index in [-0.39, 0.29) is 6.03 Å². The standard InChI is InChI=1S/C7H16N2OS2/c1-3-5-11-9(7(8)10)12-6-4-2/h3-6H2,1-2H3,(H2,8,10). The van der Waals surface area contributed by atoms with Gasteiger partial charge in [-0.15, -0.1) is 0 Å². The average molecular weight is 208 g/mol. The Labute approximate surface area is 82.7 Å². The molecule has 3 nitrogen and oxygen atoms in total. The zero-order chi connectivity index (χ0) is 9.40. The molecule has 0 aliphatic carbocycles. The summed E-state index contributed by atoms with van der Waals surface area (Å²) in [5.41, 5.74) is 5.16. The molecule has 0 spiro atoms. The molecule has 0 unspecified atom stereocenters. The van der Waals surface area contributed by atoms with E-state index in [1.165, 1.54) is 23.9 Å². The number of nitrogens with zero attached hydrogens (tertiary/aromatic N) is 1. The van der Waals surface area contributed by atoms with Gasteiger partial charge in [0.25, 0.3) is 0 Å². The number of rotatable bonds is 6. The van der Waals surface area contributed by atoms with Crippen LogP contribution < -0.4 is 5.73 Å². The Bertz CT molecular complexity index is 125. The minimum atomic E-state index is -0.355. The summed E-state index contributed by atoms with van der Waals surface area (Å²) in [6, 6.07) is -0.355. The Morgan fingerprint density at radius 3 is 1.92 bits per heavy atom. The maximum absolute atomic E-state index is 10.8. The SMILES string of the molecule is CCCSN(SCCC)C(N)=O.